The van der Waals surface area contributed by atoms with Crippen molar-refractivity contribution in [3.63, 3.8) is 0 Å². The summed E-state index contributed by atoms with van der Waals surface area (Å²) in [7, 11) is 6.73. The van der Waals surface area contributed by atoms with E-state index in [4.69, 9.17) is 0 Å². The van der Waals surface area contributed by atoms with Crippen molar-refractivity contribution in [3.05, 3.63) is 0 Å². The Bertz CT molecular complexity index is 226. The van der Waals surface area contributed by atoms with Gasteiger partial charge in [-0.15, -0.1) is 0 Å². The number of likely N-dealkylation sites (tertiary alicyclic amines) is 1. The molecule has 0 unspecified atom stereocenters. The molecule has 2 fully saturated rings. The zero-order valence-corrected chi connectivity index (χ0v) is 11.8. The van der Waals surface area contributed by atoms with Gasteiger partial charge in [0.1, 0.15) is 0 Å². The summed E-state index contributed by atoms with van der Waals surface area (Å²) in [4.78, 5) is 4.90. The fourth-order valence-corrected chi connectivity index (χ4v) is 3.36. The fourth-order valence-electron chi connectivity index (χ4n) is 3.36. The molecule has 1 saturated heterocycles. The average Bonchev–Trinajstić information content (AvgIpc) is 2.78. The van der Waals surface area contributed by atoms with E-state index in [-0.39, 0.29) is 0 Å². The van der Waals surface area contributed by atoms with Gasteiger partial charge in [0.25, 0.3) is 0 Å². The molecule has 100 valence electrons. The summed E-state index contributed by atoms with van der Waals surface area (Å²) < 4.78 is 0. The number of piperidine rings is 1. The summed E-state index contributed by atoms with van der Waals surface area (Å²) in [5.41, 5.74) is 0.448. The van der Waals surface area contributed by atoms with Crippen LogP contribution in [0.2, 0.25) is 0 Å². The van der Waals surface area contributed by atoms with Crippen molar-refractivity contribution in [2.75, 3.05) is 40.8 Å². The van der Waals surface area contributed by atoms with Crippen LogP contribution in [0.15, 0.2) is 0 Å². The van der Waals surface area contributed by atoms with Gasteiger partial charge >= 0.3 is 0 Å². The van der Waals surface area contributed by atoms with Crippen LogP contribution in [0.5, 0.6) is 0 Å². The lowest BCUT2D eigenvalue weighted by Crippen LogP contribution is -2.53. The highest BCUT2D eigenvalue weighted by atomic mass is 15.2. The van der Waals surface area contributed by atoms with Crippen LogP contribution in [0.4, 0.5) is 0 Å². The summed E-state index contributed by atoms with van der Waals surface area (Å²) in [6, 6.07) is 0.753. The van der Waals surface area contributed by atoms with Gasteiger partial charge in [-0.05, 0) is 59.9 Å². The van der Waals surface area contributed by atoms with Crippen LogP contribution in [-0.4, -0.2) is 62.2 Å². The largest absolute Gasteiger partial charge is 0.312 e. The zero-order valence-electron chi connectivity index (χ0n) is 11.8. The first-order valence-corrected chi connectivity index (χ1v) is 7.22. The Kier molecular flexibility index (Phi) is 4.45. The van der Waals surface area contributed by atoms with Crippen LogP contribution in [0.25, 0.3) is 0 Å². The molecule has 17 heavy (non-hydrogen) atoms. The average molecular weight is 239 g/mol. The summed E-state index contributed by atoms with van der Waals surface area (Å²) >= 11 is 0. The Morgan fingerprint density at radius 1 is 1.18 bits per heavy atom. The second kappa shape index (κ2) is 5.68. The van der Waals surface area contributed by atoms with E-state index in [0.29, 0.717) is 5.54 Å². The maximum absolute atomic E-state index is 3.84. The number of nitrogens with one attached hydrogen (secondary N) is 1. The van der Waals surface area contributed by atoms with Gasteiger partial charge in [0, 0.05) is 18.1 Å². The number of hydrogen-bond donors (Lipinski definition) is 1. The van der Waals surface area contributed by atoms with Gasteiger partial charge in [0.15, 0.2) is 0 Å². The van der Waals surface area contributed by atoms with Gasteiger partial charge < -0.3 is 15.1 Å². The van der Waals surface area contributed by atoms with E-state index in [0.717, 1.165) is 6.04 Å². The topological polar surface area (TPSA) is 18.5 Å². The molecular weight excluding hydrogens is 210 g/mol. The molecule has 2 aliphatic rings. The molecule has 3 nitrogen and oxygen atoms in total. The molecule has 0 bridgehead atoms. The molecule has 0 amide bonds. The van der Waals surface area contributed by atoms with Crippen LogP contribution in [0.1, 0.15) is 38.5 Å². The monoisotopic (exact) mass is 239 g/mol. The van der Waals surface area contributed by atoms with Gasteiger partial charge in [0.05, 0.1) is 0 Å². The second-order valence-electron chi connectivity index (χ2n) is 6.28. The molecule has 1 aliphatic carbocycles. The minimum absolute atomic E-state index is 0.448. The quantitative estimate of drug-likeness (QED) is 0.803. The summed E-state index contributed by atoms with van der Waals surface area (Å²) in [5, 5.41) is 3.84. The van der Waals surface area contributed by atoms with Crippen LogP contribution < -0.4 is 5.32 Å². The number of nitrogens with zero attached hydrogens (tertiary/aromatic N) is 2. The number of likely N-dealkylation sites (N-methyl/N-ethyl adjacent to an activating group) is 1. The Morgan fingerprint density at radius 3 is 2.29 bits per heavy atom. The second-order valence-corrected chi connectivity index (χ2v) is 6.28. The normalized spacial score (nSPS) is 26.8. The molecule has 1 heterocycles. The van der Waals surface area contributed by atoms with E-state index in [2.05, 4.69) is 36.3 Å². The minimum atomic E-state index is 0.448. The summed E-state index contributed by atoms with van der Waals surface area (Å²) in [6.07, 6.45) is 8.21. The van der Waals surface area contributed by atoms with Crippen molar-refractivity contribution in [1.82, 2.24) is 15.1 Å². The molecule has 1 aliphatic heterocycles. The molecule has 2 rings (SSSR count). The lowest BCUT2D eigenvalue weighted by atomic mass is 9.94. The van der Waals surface area contributed by atoms with Gasteiger partial charge in [-0.3, -0.25) is 0 Å². The highest BCUT2D eigenvalue weighted by Crippen LogP contribution is 2.33. The predicted octanol–water partition coefficient (Wildman–Crippen LogP) is 1.54. The molecule has 0 aromatic carbocycles. The highest BCUT2D eigenvalue weighted by molar-refractivity contribution is 4.95. The minimum Gasteiger partial charge on any atom is -0.312 e. The Balaban J connectivity index is 1.80. The zero-order chi connectivity index (χ0) is 12.3. The van der Waals surface area contributed by atoms with E-state index in [1.807, 2.05) is 0 Å². The Morgan fingerprint density at radius 2 is 1.76 bits per heavy atom. The first kappa shape index (κ1) is 13.3. The fraction of sp³-hybridized carbons (Fsp3) is 1.00. The van der Waals surface area contributed by atoms with Crippen molar-refractivity contribution in [1.29, 1.82) is 0 Å². The van der Waals surface area contributed by atoms with Crippen molar-refractivity contribution in [2.24, 2.45) is 0 Å². The third-order valence-corrected chi connectivity index (χ3v) is 4.92. The molecular formula is C14H29N3. The lowest BCUT2D eigenvalue weighted by Gasteiger charge is -2.39. The molecule has 0 atom stereocenters. The first-order chi connectivity index (χ1) is 8.12. The predicted molar refractivity (Wildman–Crippen MR) is 73.4 cm³/mol. The van der Waals surface area contributed by atoms with Crippen LogP contribution in [-0.2, 0) is 0 Å². The lowest BCUT2D eigenvalue weighted by molar-refractivity contribution is 0.139. The molecule has 3 heteroatoms. The number of rotatable bonds is 4. The SMILES string of the molecule is CN1CCC(NCC2(N(C)C)CCCC2)CC1. The first-order valence-electron chi connectivity index (χ1n) is 7.22. The summed E-state index contributed by atoms with van der Waals surface area (Å²) in [6.45, 7) is 3.70. The third-order valence-electron chi connectivity index (χ3n) is 4.92. The van der Waals surface area contributed by atoms with Gasteiger partial charge in [0.2, 0.25) is 0 Å². The van der Waals surface area contributed by atoms with Crippen LogP contribution in [0.3, 0.4) is 0 Å². The van der Waals surface area contributed by atoms with E-state index in [1.54, 1.807) is 0 Å². The third kappa shape index (κ3) is 3.21. The summed E-state index contributed by atoms with van der Waals surface area (Å²) in [5.74, 6) is 0. The molecule has 0 radical (unpaired) electrons. The van der Waals surface area contributed by atoms with Crippen LogP contribution >= 0.6 is 0 Å². The maximum atomic E-state index is 3.84. The van der Waals surface area contributed by atoms with Crippen molar-refractivity contribution in [3.8, 4) is 0 Å². The highest BCUT2D eigenvalue weighted by Gasteiger charge is 2.36. The standard InChI is InChI=1S/C14H29N3/c1-16(2)14(8-4-5-9-14)12-15-13-6-10-17(3)11-7-13/h13,15H,4-12H2,1-3H3. The van der Waals surface area contributed by atoms with Crippen molar-refractivity contribution >= 4 is 0 Å². The molecule has 0 spiro atoms. The number of hydrogen-bond acceptors (Lipinski definition) is 3. The smallest absolute Gasteiger partial charge is 0.0327 e. The van der Waals surface area contributed by atoms with E-state index < -0.39 is 0 Å². The van der Waals surface area contributed by atoms with Crippen molar-refractivity contribution < 1.29 is 0 Å². The molecule has 1 saturated carbocycles. The Hall–Kier alpha value is -0.120. The Labute approximate surface area is 107 Å². The van der Waals surface area contributed by atoms with Crippen molar-refractivity contribution in [2.45, 2.75) is 50.1 Å². The van der Waals surface area contributed by atoms with Gasteiger partial charge in [-0.1, -0.05) is 12.8 Å². The van der Waals surface area contributed by atoms with E-state index >= 15 is 0 Å². The van der Waals surface area contributed by atoms with E-state index in [9.17, 15) is 0 Å². The molecule has 1 N–H and O–H groups in total. The van der Waals surface area contributed by atoms with Gasteiger partial charge in [-0.2, -0.15) is 0 Å². The van der Waals surface area contributed by atoms with E-state index in [1.165, 1.54) is 58.2 Å². The van der Waals surface area contributed by atoms with Crippen LogP contribution in [0, 0.1) is 0 Å². The van der Waals surface area contributed by atoms with Gasteiger partial charge in [-0.25, -0.2) is 0 Å². The molecule has 0 aromatic heterocycles. The maximum Gasteiger partial charge on any atom is 0.0327 e. The molecule has 0 aromatic rings.